The molecule has 9 heteroatoms. The van der Waals surface area contributed by atoms with E-state index in [1.165, 1.54) is 0 Å². The third-order valence-corrected chi connectivity index (χ3v) is 11.8. The predicted octanol–water partition coefficient (Wildman–Crippen LogP) is 2.51. The molecule has 1 amide bonds. The summed E-state index contributed by atoms with van der Waals surface area (Å²) < 4.78 is 30.5. The SMILES string of the molecule is C[C@H](CCC(=O)NCCS(=O)(=O)O)[C@@H]1CC[C@@H]2[C@@]3(O)CC[C@@H]4C[C@H](O)CC[C@]4(C)[C@@H]3C[C@H](O)[C@@]21C. The van der Waals surface area contributed by atoms with E-state index in [1.54, 1.807) is 0 Å². The summed E-state index contributed by atoms with van der Waals surface area (Å²) in [6, 6.07) is 0. The molecule has 202 valence electrons. The Balaban J connectivity index is 1.44. The summed E-state index contributed by atoms with van der Waals surface area (Å²) in [6.07, 6.45) is 6.61. The van der Waals surface area contributed by atoms with Gasteiger partial charge in [0, 0.05) is 18.4 Å². The Morgan fingerprint density at radius 2 is 1.77 bits per heavy atom. The van der Waals surface area contributed by atoms with Crippen LogP contribution in [0.15, 0.2) is 0 Å². The summed E-state index contributed by atoms with van der Waals surface area (Å²) in [6.45, 7) is 6.44. The lowest BCUT2D eigenvalue weighted by atomic mass is 9.42. The van der Waals surface area contributed by atoms with Crippen LogP contribution in [0.25, 0.3) is 0 Å². The Kier molecular flexibility index (Phi) is 7.43. The molecule has 0 radical (unpaired) electrons. The van der Waals surface area contributed by atoms with Crippen molar-refractivity contribution in [3.63, 3.8) is 0 Å². The van der Waals surface area contributed by atoms with Gasteiger partial charge < -0.3 is 20.6 Å². The maximum absolute atomic E-state index is 12.3. The van der Waals surface area contributed by atoms with Crippen LogP contribution in [0.5, 0.6) is 0 Å². The van der Waals surface area contributed by atoms with Crippen LogP contribution >= 0.6 is 0 Å². The van der Waals surface area contributed by atoms with Gasteiger partial charge in [-0.3, -0.25) is 9.35 Å². The lowest BCUT2D eigenvalue weighted by Crippen LogP contribution is -2.67. The minimum Gasteiger partial charge on any atom is -0.393 e. The summed E-state index contributed by atoms with van der Waals surface area (Å²) in [7, 11) is -4.10. The van der Waals surface area contributed by atoms with Crippen molar-refractivity contribution in [3.05, 3.63) is 0 Å². The van der Waals surface area contributed by atoms with E-state index in [2.05, 4.69) is 26.1 Å². The van der Waals surface area contributed by atoms with Crippen LogP contribution in [-0.4, -0.2) is 64.3 Å². The molecular weight excluding hydrogens is 470 g/mol. The van der Waals surface area contributed by atoms with E-state index < -0.39 is 33.0 Å². The van der Waals surface area contributed by atoms with Crippen molar-refractivity contribution in [1.29, 1.82) is 0 Å². The van der Waals surface area contributed by atoms with Crippen molar-refractivity contribution in [2.45, 2.75) is 103 Å². The molecule has 5 N–H and O–H groups in total. The summed E-state index contributed by atoms with van der Waals surface area (Å²) in [5.74, 6) is 0.0702. The normalized spacial score (nSPS) is 46.3. The molecule has 35 heavy (non-hydrogen) atoms. The molecule has 0 aromatic heterocycles. The highest BCUT2D eigenvalue weighted by Crippen LogP contribution is 2.69. The summed E-state index contributed by atoms with van der Waals surface area (Å²) in [5, 5.41) is 36.7. The smallest absolute Gasteiger partial charge is 0.266 e. The maximum atomic E-state index is 12.3. The van der Waals surface area contributed by atoms with Gasteiger partial charge in [0.05, 0.1) is 23.6 Å². The van der Waals surface area contributed by atoms with Gasteiger partial charge in [-0.1, -0.05) is 20.8 Å². The molecule has 0 saturated heterocycles. The first kappa shape index (κ1) is 27.3. The Bertz CT molecular complexity index is 911. The molecule has 4 saturated carbocycles. The number of hydrogen-bond donors (Lipinski definition) is 5. The first-order chi connectivity index (χ1) is 16.2. The Morgan fingerprint density at radius 1 is 1.06 bits per heavy atom. The fourth-order valence-corrected chi connectivity index (χ4v) is 9.54. The van der Waals surface area contributed by atoms with Gasteiger partial charge in [0.25, 0.3) is 10.1 Å². The van der Waals surface area contributed by atoms with Crippen LogP contribution in [0.3, 0.4) is 0 Å². The van der Waals surface area contributed by atoms with E-state index in [0.717, 1.165) is 44.9 Å². The van der Waals surface area contributed by atoms with Gasteiger partial charge in [-0.15, -0.1) is 0 Å². The summed E-state index contributed by atoms with van der Waals surface area (Å²) in [4.78, 5) is 12.2. The van der Waals surface area contributed by atoms with Crippen LogP contribution < -0.4 is 5.32 Å². The molecule has 0 heterocycles. The average Bonchev–Trinajstić information content (AvgIpc) is 3.14. The lowest BCUT2D eigenvalue weighted by molar-refractivity contribution is -0.254. The van der Waals surface area contributed by atoms with Crippen molar-refractivity contribution in [2.75, 3.05) is 12.3 Å². The molecule has 4 fully saturated rings. The molecular formula is C26H45NO7S. The average molecular weight is 516 g/mol. The zero-order valence-electron chi connectivity index (χ0n) is 21.4. The van der Waals surface area contributed by atoms with Gasteiger partial charge in [0.2, 0.25) is 5.91 Å². The van der Waals surface area contributed by atoms with Gasteiger partial charge in [0.1, 0.15) is 0 Å². The number of rotatable bonds is 7. The van der Waals surface area contributed by atoms with Crippen molar-refractivity contribution in [2.24, 2.45) is 40.4 Å². The zero-order valence-corrected chi connectivity index (χ0v) is 22.3. The number of nitrogens with one attached hydrogen (secondary N) is 1. The van der Waals surface area contributed by atoms with Gasteiger partial charge in [-0.05, 0) is 92.8 Å². The van der Waals surface area contributed by atoms with Crippen LogP contribution in [0.1, 0.15) is 85.0 Å². The van der Waals surface area contributed by atoms with Crippen LogP contribution in [0.4, 0.5) is 0 Å². The topological polar surface area (TPSA) is 144 Å². The monoisotopic (exact) mass is 515 g/mol. The zero-order chi connectivity index (χ0) is 25.8. The second kappa shape index (κ2) is 9.53. The van der Waals surface area contributed by atoms with E-state index in [9.17, 15) is 28.5 Å². The second-order valence-electron chi connectivity index (χ2n) is 12.7. The highest BCUT2D eigenvalue weighted by molar-refractivity contribution is 7.85. The highest BCUT2D eigenvalue weighted by atomic mass is 32.2. The third-order valence-electron chi connectivity index (χ3n) is 11.1. The molecule has 0 spiro atoms. The molecule has 0 bridgehead atoms. The van der Waals surface area contributed by atoms with Crippen LogP contribution in [-0.2, 0) is 14.9 Å². The molecule has 10 atom stereocenters. The summed E-state index contributed by atoms with van der Waals surface area (Å²) >= 11 is 0. The van der Waals surface area contributed by atoms with E-state index in [-0.39, 0.29) is 54.1 Å². The number of carbonyl (C=O) groups excluding carboxylic acids is 1. The molecule has 0 aliphatic heterocycles. The Morgan fingerprint density at radius 3 is 2.46 bits per heavy atom. The third kappa shape index (κ3) is 4.80. The number of amides is 1. The van der Waals surface area contributed by atoms with Crippen molar-refractivity contribution in [3.8, 4) is 0 Å². The minimum absolute atomic E-state index is 0.0180. The predicted molar refractivity (Wildman–Crippen MR) is 132 cm³/mol. The van der Waals surface area contributed by atoms with E-state index in [4.69, 9.17) is 4.55 Å². The van der Waals surface area contributed by atoms with Gasteiger partial charge in [-0.2, -0.15) is 8.42 Å². The fraction of sp³-hybridized carbons (Fsp3) is 0.962. The molecule has 4 aliphatic rings. The molecule has 8 nitrogen and oxygen atoms in total. The number of hydrogen-bond acceptors (Lipinski definition) is 6. The van der Waals surface area contributed by atoms with Crippen molar-refractivity contribution >= 4 is 16.0 Å². The van der Waals surface area contributed by atoms with E-state index in [0.29, 0.717) is 18.8 Å². The lowest BCUT2D eigenvalue weighted by Gasteiger charge is -2.65. The van der Waals surface area contributed by atoms with Crippen LogP contribution in [0.2, 0.25) is 0 Å². The minimum atomic E-state index is -4.10. The van der Waals surface area contributed by atoms with Gasteiger partial charge >= 0.3 is 0 Å². The van der Waals surface area contributed by atoms with E-state index >= 15 is 0 Å². The van der Waals surface area contributed by atoms with Gasteiger partial charge in [0.15, 0.2) is 0 Å². The number of fused-ring (bicyclic) bond motifs is 5. The second-order valence-corrected chi connectivity index (χ2v) is 14.3. The molecule has 4 aliphatic carbocycles. The Labute approximate surface area is 210 Å². The molecule has 0 aromatic carbocycles. The molecule has 0 aromatic rings. The van der Waals surface area contributed by atoms with E-state index in [1.807, 2.05) is 0 Å². The standard InChI is InChI=1S/C26H45NO7S/c1-16(4-7-23(30)27-12-13-35(32,33)34)19-5-6-20-25(19,3)22(29)15-21-24(2)10-9-18(28)14-17(24)8-11-26(20,21)31/h16-22,28-29,31H,4-15H2,1-3H3,(H,27,30)(H,32,33,34)/t16-,17-,18-,19+,20+,21+,22+,24+,25-,26+/m1/s1. The maximum Gasteiger partial charge on any atom is 0.266 e. The van der Waals surface area contributed by atoms with Crippen LogP contribution in [0, 0.1) is 40.4 Å². The first-order valence-electron chi connectivity index (χ1n) is 13.5. The highest BCUT2D eigenvalue weighted by Gasteiger charge is 2.69. The largest absolute Gasteiger partial charge is 0.393 e. The number of aliphatic hydroxyl groups is 3. The Hall–Kier alpha value is -0.740. The van der Waals surface area contributed by atoms with Crippen molar-refractivity contribution < 1.29 is 33.1 Å². The summed E-state index contributed by atoms with van der Waals surface area (Å²) in [5.41, 5.74) is -1.27. The fourth-order valence-electron chi connectivity index (χ4n) is 9.18. The molecule has 4 rings (SSSR count). The number of aliphatic hydroxyl groups excluding tert-OH is 2. The quantitative estimate of drug-likeness (QED) is 0.328. The first-order valence-corrected chi connectivity index (χ1v) is 15.1. The number of carbonyl (C=O) groups is 1. The molecule has 0 unspecified atom stereocenters. The van der Waals surface area contributed by atoms with Gasteiger partial charge in [-0.25, -0.2) is 0 Å². The van der Waals surface area contributed by atoms with Crippen molar-refractivity contribution in [1.82, 2.24) is 5.32 Å².